The van der Waals surface area contributed by atoms with E-state index in [1.807, 2.05) is 64.3 Å². The number of nitrogens with zero attached hydrogens (tertiary/aromatic N) is 1. The van der Waals surface area contributed by atoms with E-state index in [4.69, 9.17) is 9.47 Å². The van der Waals surface area contributed by atoms with E-state index in [1.165, 1.54) is 5.56 Å². The number of likely N-dealkylation sites (N-methyl/N-ethyl adjacent to an activating group) is 1. The molecule has 0 bridgehead atoms. The van der Waals surface area contributed by atoms with Crippen LogP contribution in [-0.4, -0.2) is 44.7 Å². The van der Waals surface area contributed by atoms with E-state index in [0.29, 0.717) is 31.3 Å². The fourth-order valence-electron chi connectivity index (χ4n) is 2.87. The van der Waals surface area contributed by atoms with E-state index in [2.05, 4.69) is 22.3 Å². The third-order valence-corrected chi connectivity index (χ3v) is 4.27. The predicted octanol–water partition coefficient (Wildman–Crippen LogP) is 3.92. The van der Waals surface area contributed by atoms with Crippen LogP contribution in [0.15, 0.2) is 54.6 Å². The molecule has 2 aromatic rings. The third kappa shape index (κ3) is 6.43. The average Bonchev–Trinajstić information content (AvgIpc) is 2.69. The van der Waals surface area contributed by atoms with Gasteiger partial charge in [0.15, 0.2) is 11.5 Å². The molecule has 5 heteroatoms. The summed E-state index contributed by atoms with van der Waals surface area (Å²) in [5.41, 5.74) is 2.05. The summed E-state index contributed by atoms with van der Waals surface area (Å²) in [6.45, 7) is 5.53. The summed E-state index contributed by atoms with van der Waals surface area (Å²) in [6, 6.07) is 15.9. The van der Waals surface area contributed by atoms with Crippen LogP contribution in [0.3, 0.4) is 0 Å². The monoisotopic (exact) mass is 382 g/mol. The number of hydrogen-bond acceptors (Lipinski definition) is 4. The van der Waals surface area contributed by atoms with Crippen LogP contribution in [0.25, 0.3) is 6.08 Å². The standard InChI is InChI=1S/C23H30N2O3/c1-5-27-21-14-12-18(16-22(21)28-6-2)13-15-23(26)24-17-20(25(3)4)19-10-8-7-9-11-19/h7-16,20H,5-6,17H2,1-4H3,(H,24,26)/b15-13+. The molecule has 1 atom stereocenters. The zero-order valence-corrected chi connectivity index (χ0v) is 17.1. The number of benzene rings is 2. The lowest BCUT2D eigenvalue weighted by atomic mass is 10.1. The van der Waals surface area contributed by atoms with Gasteiger partial charge in [0.2, 0.25) is 5.91 Å². The van der Waals surface area contributed by atoms with Gasteiger partial charge in [0.05, 0.1) is 19.3 Å². The maximum Gasteiger partial charge on any atom is 0.244 e. The van der Waals surface area contributed by atoms with E-state index >= 15 is 0 Å². The molecule has 2 aromatic carbocycles. The molecule has 2 rings (SSSR count). The molecule has 0 spiro atoms. The van der Waals surface area contributed by atoms with Crippen molar-refractivity contribution in [2.24, 2.45) is 0 Å². The van der Waals surface area contributed by atoms with Crippen molar-refractivity contribution in [1.82, 2.24) is 10.2 Å². The lowest BCUT2D eigenvalue weighted by Crippen LogP contribution is -2.33. The molecule has 0 aliphatic heterocycles. The molecule has 0 heterocycles. The number of rotatable bonds is 10. The van der Waals surface area contributed by atoms with Gasteiger partial charge in [0.25, 0.3) is 0 Å². The third-order valence-electron chi connectivity index (χ3n) is 4.27. The summed E-state index contributed by atoms with van der Waals surface area (Å²) in [5, 5.41) is 2.98. The summed E-state index contributed by atoms with van der Waals surface area (Å²) in [5.74, 6) is 1.26. The van der Waals surface area contributed by atoms with E-state index in [1.54, 1.807) is 12.2 Å². The van der Waals surface area contributed by atoms with Gasteiger partial charge in [0, 0.05) is 12.6 Å². The van der Waals surface area contributed by atoms with Crippen molar-refractivity contribution < 1.29 is 14.3 Å². The Morgan fingerprint density at radius 2 is 1.71 bits per heavy atom. The molecule has 0 aliphatic rings. The highest BCUT2D eigenvalue weighted by molar-refractivity contribution is 5.91. The Hall–Kier alpha value is -2.79. The first-order chi connectivity index (χ1) is 13.5. The van der Waals surface area contributed by atoms with Gasteiger partial charge in [-0.1, -0.05) is 36.4 Å². The number of amides is 1. The van der Waals surface area contributed by atoms with E-state index < -0.39 is 0 Å². The second-order valence-corrected chi connectivity index (χ2v) is 6.54. The van der Waals surface area contributed by atoms with Crippen LogP contribution >= 0.6 is 0 Å². The van der Waals surface area contributed by atoms with Gasteiger partial charge in [-0.25, -0.2) is 0 Å². The minimum absolute atomic E-state index is 0.119. The van der Waals surface area contributed by atoms with Crippen LogP contribution in [-0.2, 0) is 4.79 Å². The molecule has 0 radical (unpaired) electrons. The molecule has 150 valence electrons. The smallest absolute Gasteiger partial charge is 0.244 e. The second-order valence-electron chi connectivity index (χ2n) is 6.54. The van der Waals surface area contributed by atoms with Gasteiger partial charge in [-0.05, 0) is 57.3 Å². The lowest BCUT2D eigenvalue weighted by molar-refractivity contribution is -0.116. The number of hydrogen-bond donors (Lipinski definition) is 1. The minimum atomic E-state index is -0.130. The highest BCUT2D eigenvalue weighted by Gasteiger charge is 2.14. The normalized spacial score (nSPS) is 12.2. The highest BCUT2D eigenvalue weighted by Crippen LogP contribution is 2.29. The Morgan fingerprint density at radius 1 is 1.04 bits per heavy atom. The predicted molar refractivity (Wildman–Crippen MR) is 114 cm³/mol. The maximum atomic E-state index is 12.3. The quantitative estimate of drug-likeness (QED) is 0.633. The molecule has 0 saturated heterocycles. The van der Waals surface area contributed by atoms with Gasteiger partial charge >= 0.3 is 0 Å². The number of nitrogens with one attached hydrogen (secondary N) is 1. The van der Waals surface area contributed by atoms with Crippen LogP contribution < -0.4 is 14.8 Å². The van der Waals surface area contributed by atoms with Crippen LogP contribution in [0.1, 0.15) is 31.0 Å². The molecule has 0 aromatic heterocycles. The van der Waals surface area contributed by atoms with Crippen molar-refractivity contribution in [3.63, 3.8) is 0 Å². The fraction of sp³-hybridized carbons (Fsp3) is 0.348. The van der Waals surface area contributed by atoms with Gasteiger partial charge in [-0.3, -0.25) is 4.79 Å². The molecule has 1 unspecified atom stereocenters. The first-order valence-corrected chi connectivity index (χ1v) is 9.62. The Balaban J connectivity index is 2.00. The van der Waals surface area contributed by atoms with Crippen molar-refractivity contribution in [3.8, 4) is 11.5 Å². The lowest BCUT2D eigenvalue weighted by Gasteiger charge is -2.24. The Kier molecular flexibility index (Phi) is 8.56. The van der Waals surface area contributed by atoms with Crippen molar-refractivity contribution >= 4 is 12.0 Å². The Labute approximate surface area is 168 Å². The molecule has 1 N–H and O–H groups in total. The molecule has 0 fully saturated rings. The van der Waals surface area contributed by atoms with Crippen LogP contribution in [0.5, 0.6) is 11.5 Å². The molecule has 0 aliphatic carbocycles. The minimum Gasteiger partial charge on any atom is -0.490 e. The SMILES string of the molecule is CCOc1ccc(/C=C/C(=O)NCC(c2ccccc2)N(C)C)cc1OCC. The maximum absolute atomic E-state index is 12.3. The summed E-state index contributed by atoms with van der Waals surface area (Å²) in [6.07, 6.45) is 3.32. The topological polar surface area (TPSA) is 50.8 Å². The van der Waals surface area contributed by atoms with Crippen LogP contribution in [0, 0.1) is 0 Å². The fourth-order valence-corrected chi connectivity index (χ4v) is 2.87. The Morgan fingerprint density at radius 3 is 2.36 bits per heavy atom. The molecule has 1 amide bonds. The average molecular weight is 383 g/mol. The summed E-state index contributed by atoms with van der Waals surface area (Å²) < 4.78 is 11.2. The summed E-state index contributed by atoms with van der Waals surface area (Å²) >= 11 is 0. The van der Waals surface area contributed by atoms with Gasteiger partial charge in [-0.2, -0.15) is 0 Å². The molecule has 0 saturated carbocycles. The zero-order valence-electron chi connectivity index (χ0n) is 17.1. The largest absolute Gasteiger partial charge is 0.490 e. The number of ether oxygens (including phenoxy) is 2. The molecule has 28 heavy (non-hydrogen) atoms. The molecule has 5 nitrogen and oxygen atoms in total. The first-order valence-electron chi connectivity index (χ1n) is 9.62. The first kappa shape index (κ1) is 21.5. The summed E-state index contributed by atoms with van der Waals surface area (Å²) in [7, 11) is 4.02. The van der Waals surface area contributed by atoms with Crippen molar-refractivity contribution in [1.29, 1.82) is 0 Å². The van der Waals surface area contributed by atoms with Crippen molar-refractivity contribution in [3.05, 3.63) is 65.7 Å². The van der Waals surface area contributed by atoms with Gasteiger partial charge < -0.3 is 19.7 Å². The van der Waals surface area contributed by atoms with Crippen molar-refractivity contribution in [2.45, 2.75) is 19.9 Å². The molecular weight excluding hydrogens is 352 g/mol. The summed E-state index contributed by atoms with van der Waals surface area (Å²) in [4.78, 5) is 14.4. The van der Waals surface area contributed by atoms with E-state index in [0.717, 1.165) is 5.56 Å². The van der Waals surface area contributed by atoms with Crippen molar-refractivity contribution in [2.75, 3.05) is 33.9 Å². The Bertz CT molecular complexity index is 773. The molecular formula is C23H30N2O3. The second kappa shape index (κ2) is 11.1. The van der Waals surface area contributed by atoms with E-state index in [9.17, 15) is 4.79 Å². The van der Waals surface area contributed by atoms with E-state index in [-0.39, 0.29) is 11.9 Å². The van der Waals surface area contributed by atoms with Gasteiger partial charge in [-0.15, -0.1) is 0 Å². The van der Waals surface area contributed by atoms with Gasteiger partial charge in [0.1, 0.15) is 0 Å². The van der Waals surface area contributed by atoms with Crippen LogP contribution in [0.4, 0.5) is 0 Å². The highest BCUT2D eigenvalue weighted by atomic mass is 16.5. The zero-order chi connectivity index (χ0) is 20.4. The van der Waals surface area contributed by atoms with Crippen LogP contribution in [0.2, 0.25) is 0 Å². The number of carbonyl (C=O) groups is 1. The number of carbonyl (C=O) groups excluding carboxylic acids is 1.